The Morgan fingerprint density at radius 2 is 2.38 bits per heavy atom. The number of anilines is 1. The molecule has 3 aromatic heterocycles. The summed E-state index contributed by atoms with van der Waals surface area (Å²) in [7, 11) is 0. The van der Waals surface area contributed by atoms with E-state index in [0.717, 1.165) is 43.5 Å². The van der Waals surface area contributed by atoms with Crippen LogP contribution in [0.5, 0.6) is 5.75 Å². The SMILES string of the molecule is Cc1csc2c(O)cc3c(c12)C(CCl)CN3C(=O)C=Cc1c[nH]c2ncccc12. The number of nitrogens with zero attached hydrogens (tertiary/aromatic N) is 2. The summed E-state index contributed by atoms with van der Waals surface area (Å²) in [6, 6.07) is 5.53. The number of alkyl halides is 1. The summed E-state index contributed by atoms with van der Waals surface area (Å²) in [5.41, 5.74) is 4.60. The number of hydrogen-bond donors (Lipinski definition) is 2. The highest BCUT2D eigenvalue weighted by Gasteiger charge is 2.34. The first-order valence-electron chi connectivity index (χ1n) is 9.29. The Kier molecular flexibility index (Phi) is 4.33. The molecule has 0 fully saturated rings. The number of halogens is 1. The van der Waals surface area contributed by atoms with Gasteiger partial charge in [0.05, 0.1) is 10.4 Å². The second kappa shape index (κ2) is 6.90. The largest absolute Gasteiger partial charge is 0.506 e. The number of hydrogen-bond acceptors (Lipinski definition) is 4. The third-order valence-electron chi connectivity index (χ3n) is 5.47. The summed E-state index contributed by atoms with van der Waals surface area (Å²) < 4.78 is 0.854. The average molecular weight is 424 g/mol. The molecule has 4 aromatic rings. The smallest absolute Gasteiger partial charge is 0.251 e. The van der Waals surface area contributed by atoms with Crippen molar-refractivity contribution in [1.29, 1.82) is 0 Å². The molecule has 0 saturated heterocycles. The van der Waals surface area contributed by atoms with E-state index in [9.17, 15) is 9.90 Å². The monoisotopic (exact) mass is 423 g/mol. The molecule has 0 radical (unpaired) electrons. The van der Waals surface area contributed by atoms with Crippen LogP contribution in [0.1, 0.15) is 22.6 Å². The molecule has 1 unspecified atom stereocenters. The minimum absolute atomic E-state index is 0.0395. The summed E-state index contributed by atoms with van der Waals surface area (Å²) in [6.45, 7) is 2.53. The average Bonchev–Trinajstić information content (AvgIpc) is 3.41. The van der Waals surface area contributed by atoms with Crippen LogP contribution in [-0.2, 0) is 4.79 Å². The lowest BCUT2D eigenvalue weighted by atomic mass is 9.97. The van der Waals surface area contributed by atoms with E-state index in [2.05, 4.69) is 9.97 Å². The molecule has 1 aliphatic rings. The zero-order valence-corrected chi connectivity index (χ0v) is 17.2. The first-order valence-corrected chi connectivity index (χ1v) is 10.7. The van der Waals surface area contributed by atoms with Gasteiger partial charge in [-0.05, 0) is 41.6 Å². The van der Waals surface area contributed by atoms with E-state index in [1.54, 1.807) is 29.3 Å². The van der Waals surface area contributed by atoms with Crippen LogP contribution in [0.2, 0.25) is 0 Å². The lowest BCUT2D eigenvalue weighted by Crippen LogP contribution is -2.28. The molecule has 5 rings (SSSR count). The topological polar surface area (TPSA) is 69.2 Å². The van der Waals surface area contributed by atoms with Crippen molar-refractivity contribution in [2.45, 2.75) is 12.8 Å². The van der Waals surface area contributed by atoms with Gasteiger partial charge in [-0.1, -0.05) is 0 Å². The van der Waals surface area contributed by atoms with Gasteiger partial charge in [0, 0.05) is 59.2 Å². The second-order valence-corrected chi connectivity index (χ2v) is 8.42. The Balaban J connectivity index is 1.54. The number of aromatic amines is 1. The number of aromatic nitrogens is 2. The maximum absolute atomic E-state index is 13.1. The number of rotatable bonds is 3. The van der Waals surface area contributed by atoms with Gasteiger partial charge in [-0.3, -0.25) is 4.79 Å². The fourth-order valence-corrected chi connectivity index (χ4v) is 5.35. The van der Waals surface area contributed by atoms with Crippen molar-refractivity contribution >= 4 is 61.7 Å². The summed E-state index contributed by atoms with van der Waals surface area (Å²) in [4.78, 5) is 22.2. The van der Waals surface area contributed by atoms with Gasteiger partial charge in [0.2, 0.25) is 0 Å². The van der Waals surface area contributed by atoms with Crippen molar-refractivity contribution < 1.29 is 9.90 Å². The molecule has 4 heterocycles. The number of phenols is 1. The minimum Gasteiger partial charge on any atom is -0.506 e. The van der Waals surface area contributed by atoms with Gasteiger partial charge in [0.25, 0.3) is 5.91 Å². The second-order valence-electron chi connectivity index (χ2n) is 7.23. The number of aromatic hydroxyl groups is 1. The van der Waals surface area contributed by atoms with Gasteiger partial charge < -0.3 is 15.0 Å². The highest BCUT2D eigenvalue weighted by molar-refractivity contribution is 7.17. The molecular formula is C22H18ClN3O2S. The molecule has 5 nitrogen and oxygen atoms in total. The third-order valence-corrected chi connectivity index (χ3v) is 6.96. The van der Waals surface area contributed by atoms with E-state index >= 15 is 0 Å². The van der Waals surface area contributed by atoms with Crippen LogP contribution in [0.3, 0.4) is 0 Å². The number of benzene rings is 1. The molecule has 1 amide bonds. The number of phenolic OH excluding ortho intramolecular Hbond substituents is 1. The molecule has 29 heavy (non-hydrogen) atoms. The van der Waals surface area contributed by atoms with E-state index in [1.165, 1.54) is 11.3 Å². The lowest BCUT2D eigenvalue weighted by molar-refractivity contribution is -0.114. The van der Waals surface area contributed by atoms with E-state index in [1.807, 2.05) is 30.6 Å². The Labute approximate surface area is 176 Å². The van der Waals surface area contributed by atoms with Crippen LogP contribution < -0.4 is 4.90 Å². The highest BCUT2D eigenvalue weighted by atomic mass is 35.5. The standard InChI is InChI=1S/C22H18ClN3O2S/c1-12-11-29-21-17(27)7-16-20(19(12)21)14(8-23)10-26(16)18(28)5-4-13-9-25-22-15(13)3-2-6-24-22/h2-7,9,11,14,27H,8,10H2,1H3,(H,24,25). The zero-order chi connectivity index (χ0) is 20.1. The van der Waals surface area contributed by atoms with E-state index < -0.39 is 0 Å². The summed E-state index contributed by atoms with van der Waals surface area (Å²) in [5, 5.41) is 14.5. The number of thiophene rings is 1. The van der Waals surface area contributed by atoms with Crippen LogP contribution in [0.15, 0.2) is 42.0 Å². The van der Waals surface area contributed by atoms with Crippen molar-refractivity contribution in [3.8, 4) is 5.75 Å². The molecular weight excluding hydrogens is 406 g/mol. The Morgan fingerprint density at radius 3 is 3.21 bits per heavy atom. The zero-order valence-electron chi connectivity index (χ0n) is 15.6. The number of nitrogens with one attached hydrogen (secondary N) is 1. The highest BCUT2D eigenvalue weighted by Crippen LogP contribution is 2.48. The molecule has 0 saturated carbocycles. The van der Waals surface area contributed by atoms with Crippen LogP contribution >= 0.6 is 22.9 Å². The molecule has 0 spiro atoms. The Hall–Kier alpha value is -2.83. The molecule has 1 aromatic carbocycles. The summed E-state index contributed by atoms with van der Waals surface area (Å²) >= 11 is 7.78. The predicted molar refractivity (Wildman–Crippen MR) is 119 cm³/mol. The van der Waals surface area contributed by atoms with Gasteiger partial charge in [-0.25, -0.2) is 4.98 Å². The molecule has 7 heteroatoms. The summed E-state index contributed by atoms with van der Waals surface area (Å²) in [5.74, 6) is 0.530. The molecule has 0 bridgehead atoms. The fourth-order valence-electron chi connectivity index (χ4n) is 4.12. The number of H-pyrrole nitrogens is 1. The molecule has 1 aliphatic heterocycles. The maximum Gasteiger partial charge on any atom is 0.251 e. The molecule has 146 valence electrons. The predicted octanol–water partition coefficient (Wildman–Crippen LogP) is 5.17. The first-order chi connectivity index (χ1) is 14.1. The number of aryl methyl sites for hydroxylation is 1. The molecule has 2 N–H and O–H groups in total. The van der Waals surface area contributed by atoms with Crippen molar-refractivity contribution in [3.05, 3.63) is 58.7 Å². The van der Waals surface area contributed by atoms with Crippen molar-refractivity contribution in [2.75, 3.05) is 17.3 Å². The minimum atomic E-state index is -0.135. The normalized spacial score (nSPS) is 16.3. The third kappa shape index (κ3) is 2.82. The van der Waals surface area contributed by atoms with Gasteiger partial charge in [-0.2, -0.15) is 0 Å². The number of pyridine rings is 1. The van der Waals surface area contributed by atoms with Gasteiger partial charge >= 0.3 is 0 Å². The lowest BCUT2D eigenvalue weighted by Gasteiger charge is -2.16. The van der Waals surface area contributed by atoms with Crippen molar-refractivity contribution in [2.24, 2.45) is 0 Å². The number of carbonyl (C=O) groups excluding carboxylic acids is 1. The Morgan fingerprint density at radius 1 is 1.52 bits per heavy atom. The van der Waals surface area contributed by atoms with Gasteiger partial charge in [-0.15, -0.1) is 22.9 Å². The van der Waals surface area contributed by atoms with Gasteiger partial charge in [0.1, 0.15) is 11.4 Å². The number of amides is 1. The number of carbonyl (C=O) groups is 1. The van der Waals surface area contributed by atoms with E-state index in [4.69, 9.17) is 11.6 Å². The Bertz CT molecular complexity index is 1290. The summed E-state index contributed by atoms with van der Waals surface area (Å²) in [6.07, 6.45) is 6.93. The van der Waals surface area contributed by atoms with Crippen LogP contribution in [0, 0.1) is 6.92 Å². The van der Waals surface area contributed by atoms with Crippen molar-refractivity contribution in [1.82, 2.24) is 9.97 Å². The quantitative estimate of drug-likeness (QED) is 0.352. The van der Waals surface area contributed by atoms with Crippen LogP contribution in [-0.4, -0.2) is 33.4 Å². The first kappa shape index (κ1) is 18.2. The van der Waals surface area contributed by atoms with Crippen molar-refractivity contribution in [3.63, 3.8) is 0 Å². The number of fused-ring (bicyclic) bond motifs is 4. The molecule has 1 atom stereocenters. The fraction of sp³-hybridized carbons (Fsp3) is 0.182. The van der Waals surface area contributed by atoms with Crippen LogP contribution in [0.25, 0.3) is 27.2 Å². The van der Waals surface area contributed by atoms with E-state index in [0.29, 0.717) is 12.4 Å². The van der Waals surface area contributed by atoms with Gasteiger partial charge in [0.15, 0.2) is 0 Å². The maximum atomic E-state index is 13.1. The molecule has 0 aliphatic carbocycles. The van der Waals surface area contributed by atoms with Crippen LogP contribution in [0.4, 0.5) is 5.69 Å². The van der Waals surface area contributed by atoms with E-state index in [-0.39, 0.29) is 17.6 Å².